The molecule has 0 aromatic heterocycles. The number of piperidine rings is 2. The second-order valence-electron chi connectivity index (χ2n) is 8.15. The van der Waals surface area contributed by atoms with Crippen LogP contribution in [0, 0.1) is 11.8 Å². The van der Waals surface area contributed by atoms with E-state index >= 15 is 0 Å². The molecule has 25 heavy (non-hydrogen) atoms. The number of hydrogen-bond acceptors (Lipinski definition) is 4. The van der Waals surface area contributed by atoms with E-state index in [0.717, 1.165) is 38.5 Å². The predicted octanol–water partition coefficient (Wildman–Crippen LogP) is 1.61. The predicted molar refractivity (Wildman–Crippen MR) is 94.5 cm³/mol. The fraction of sp³-hybridized carbons (Fsp3) is 0.944. The number of sulfonamides is 1. The zero-order chi connectivity index (χ0) is 17.6. The maximum Gasteiger partial charge on any atom is 0.223 e. The highest BCUT2D eigenvalue weighted by atomic mass is 32.2. The first-order valence-electron chi connectivity index (χ1n) is 9.90. The van der Waals surface area contributed by atoms with Crippen molar-refractivity contribution in [2.75, 3.05) is 25.4 Å². The highest BCUT2D eigenvalue weighted by Crippen LogP contribution is 2.40. The Morgan fingerprint density at radius 1 is 1.16 bits per heavy atom. The van der Waals surface area contributed by atoms with E-state index in [-0.39, 0.29) is 23.8 Å². The zero-order valence-corrected chi connectivity index (χ0v) is 15.9. The summed E-state index contributed by atoms with van der Waals surface area (Å²) >= 11 is 0. The van der Waals surface area contributed by atoms with Gasteiger partial charge in [-0.2, -0.15) is 0 Å². The normalized spacial score (nSPS) is 32.5. The van der Waals surface area contributed by atoms with Crippen molar-refractivity contribution in [3.63, 3.8) is 0 Å². The molecule has 2 heterocycles. The molecule has 2 saturated carbocycles. The molecule has 2 aliphatic carbocycles. The molecule has 0 spiro atoms. The lowest BCUT2D eigenvalue weighted by Crippen LogP contribution is -2.58. The monoisotopic (exact) mass is 370 g/mol. The van der Waals surface area contributed by atoms with Gasteiger partial charge >= 0.3 is 0 Å². The second-order valence-corrected chi connectivity index (χ2v) is 10.2. The van der Waals surface area contributed by atoms with Crippen LogP contribution in [0.1, 0.15) is 51.9 Å². The molecule has 3 unspecified atom stereocenters. The van der Waals surface area contributed by atoms with E-state index in [0.29, 0.717) is 44.0 Å². The quantitative estimate of drug-likeness (QED) is 0.683. The number of carbonyl (C=O) groups is 1. The Morgan fingerprint density at radius 3 is 2.56 bits per heavy atom. The Morgan fingerprint density at radius 2 is 1.92 bits per heavy atom. The number of hydrogen-bond donors (Lipinski definition) is 0. The van der Waals surface area contributed by atoms with E-state index in [1.54, 1.807) is 4.31 Å². The Kier molecular flexibility index (Phi) is 4.84. The average Bonchev–Trinajstić information content (AvgIpc) is 3.47. The van der Waals surface area contributed by atoms with Gasteiger partial charge in [-0.1, -0.05) is 0 Å². The molecular formula is C18H30N2O4S. The fourth-order valence-electron chi connectivity index (χ4n) is 4.65. The lowest BCUT2D eigenvalue weighted by molar-refractivity contribution is -0.141. The van der Waals surface area contributed by atoms with Gasteiger partial charge in [0.15, 0.2) is 0 Å². The largest absolute Gasteiger partial charge is 0.377 e. The van der Waals surface area contributed by atoms with E-state index in [1.165, 1.54) is 0 Å². The van der Waals surface area contributed by atoms with Gasteiger partial charge in [-0.05, 0) is 57.3 Å². The molecule has 4 fully saturated rings. The molecule has 7 heteroatoms. The van der Waals surface area contributed by atoms with Gasteiger partial charge in [0.1, 0.15) is 0 Å². The first kappa shape index (κ1) is 17.7. The van der Waals surface area contributed by atoms with Gasteiger partial charge in [-0.3, -0.25) is 4.79 Å². The van der Waals surface area contributed by atoms with Crippen molar-refractivity contribution in [3.8, 4) is 0 Å². The van der Waals surface area contributed by atoms with Crippen LogP contribution in [0.4, 0.5) is 0 Å². The Balaban J connectivity index is 1.41. The summed E-state index contributed by atoms with van der Waals surface area (Å²) in [6, 6.07) is 0.687. The van der Waals surface area contributed by atoms with Gasteiger partial charge in [0, 0.05) is 38.2 Å². The van der Waals surface area contributed by atoms with Gasteiger partial charge in [0.2, 0.25) is 15.9 Å². The van der Waals surface area contributed by atoms with Crippen LogP contribution in [0.3, 0.4) is 0 Å². The van der Waals surface area contributed by atoms with Crippen LogP contribution < -0.4 is 0 Å². The third-order valence-electron chi connectivity index (χ3n) is 6.27. The van der Waals surface area contributed by atoms with Crippen LogP contribution in [0.15, 0.2) is 0 Å². The number of fused-ring (bicyclic) bond motifs is 1. The molecule has 2 saturated heterocycles. The summed E-state index contributed by atoms with van der Waals surface area (Å²) in [7, 11) is -3.29. The van der Waals surface area contributed by atoms with Crippen molar-refractivity contribution >= 4 is 15.9 Å². The van der Waals surface area contributed by atoms with Crippen molar-refractivity contribution in [2.45, 2.75) is 70.1 Å². The van der Waals surface area contributed by atoms with E-state index < -0.39 is 10.0 Å². The minimum Gasteiger partial charge on any atom is -0.377 e. The van der Waals surface area contributed by atoms with Crippen molar-refractivity contribution in [2.24, 2.45) is 11.8 Å². The lowest BCUT2D eigenvalue weighted by atomic mass is 9.84. The molecule has 0 radical (unpaired) electrons. The molecule has 1 amide bonds. The smallest absolute Gasteiger partial charge is 0.223 e. The molecular weight excluding hydrogens is 340 g/mol. The van der Waals surface area contributed by atoms with Gasteiger partial charge in [-0.15, -0.1) is 0 Å². The molecule has 2 aliphatic heterocycles. The van der Waals surface area contributed by atoms with Gasteiger partial charge in [0.05, 0.1) is 11.9 Å². The molecule has 4 rings (SSSR count). The van der Waals surface area contributed by atoms with Crippen molar-refractivity contribution in [1.29, 1.82) is 0 Å². The Hall–Kier alpha value is -0.660. The highest BCUT2D eigenvalue weighted by Gasteiger charge is 2.47. The average molecular weight is 371 g/mol. The van der Waals surface area contributed by atoms with E-state index in [2.05, 4.69) is 4.90 Å². The molecule has 4 aliphatic rings. The number of carbonyl (C=O) groups excluding carboxylic acids is 1. The number of ether oxygens (including phenoxy) is 1. The maximum atomic E-state index is 12.9. The van der Waals surface area contributed by atoms with Gasteiger partial charge in [-0.25, -0.2) is 12.7 Å². The number of likely N-dealkylation sites (tertiary alicyclic amines) is 1. The van der Waals surface area contributed by atoms with Crippen LogP contribution in [-0.2, 0) is 19.6 Å². The topological polar surface area (TPSA) is 66.9 Å². The Bertz CT molecular complexity index is 615. The summed E-state index contributed by atoms with van der Waals surface area (Å²) in [4.78, 5) is 14.4. The van der Waals surface area contributed by atoms with Crippen molar-refractivity contribution < 1.29 is 17.9 Å². The minimum absolute atomic E-state index is 0.119. The number of nitrogens with zero attached hydrogens (tertiary/aromatic N) is 2. The zero-order valence-electron chi connectivity index (χ0n) is 15.1. The SMILES string of the molecule is CCOC(CS(=O)(=O)N1CCC2C(CCC(=O)N2C2CC2)C1)C1CC1. The summed E-state index contributed by atoms with van der Waals surface area (Å²) in [6.45, 7) is 3.62. The third-order valence-corrected chi connectivity index (χ3v) is 8.14. The molecule has 0 aromatic carbocycles. The second kappa shape index (κ2) is 6.82. The van der Waals surface area contributed by atoms with E-state index in [1.807, 2.05) is 6.92 Å². The van der Waals surface area contributed by atoms with Crippen LogP contribution in [-0.4, -0.2) is 67.2 Å². The number of amides is 1. The van der Waals surface area contributed by atoms with E-state index in [4.69, 9.17) is 4.74 Å². The van der Waals surface area contributed by atoms with Crippen LogP contribution in [0.25, 0.3) is 0 Å². The standard InChI is InChI=1S/C18H30N2O4S/c1-2-24-17(13-3-4-13)12-25(22,23)19-10-9-16-14(11-19)5-8-18(21)20(16)15-6-7-15/h13-17H,2-12H2,1H3. The summed E-state index contributed by atoms with van der Waals surface area (Å²) in [5.41, 5.74) is 0. The van der Waals surface area contributed by atoms with Crippen molar-refractivity contribution in [1.82, 2.24) is 9.21 Å². The minimum atomic E-state index is -3.29. The highest BCUT2D eigenvalue weighted by molar-refractivity contribution is 7.89. The van der Waals surface area contributed by atoms with Gasteiger partial charge in [0.25, 0.3) is 0 Å². The van der Waals surface area contributed by atoms with Gasteiger partial charge < -0.3 is 9.64 Å². The molecule has 0 aromatic rings. The summed E-state index contributed by atoms with van der Waals surface area (Å²) in [5.74, 6) is 1.12. The molecule has 0 bridgehead atoms. The fourth-order valence-corrected chi connectivity index (χ4v) is 6.45. The lowest BCUT2D eigenvalue weighted by Gasteiger charge is -2.47. The third kappa shape index (κ3) is 3.74. The van der Waals surface area contributed by atoms with E-state index in [9.17, 15) is 13.2 Å². The molecule has 6 nitrogen and oxygen atoms in total. The first-order valence-corrected chi connectivity index (χ1v) is 11.5. The summed E-state index contributed by atoms with van der Waals surface area (Å²) in [6.07, 6.45) is 6.46. The molecule has 142 valence electrons. The molecule has 0 N–H and O–H groups in total. The summed E-state index contributed by atoms with van der Waals surface area (Å²) in [5, 5.41) is 0. The van der Waals surface area contributed by atoms with Crippen LogP contribution in [0.2, 0.25) is 0 Å². The van der Waals surface area contributed by atoms with Crippen LogP contribution in [0.5, 0.6) is 0 Å². The van der Waals surface area contributed by atoms with Crippen molar-refractivity contribution in [3.05, 3.63) is 0 Å². The van der Waals surface area contributed by atoms with Crippen LogP contribution >= 0.6 is 0 Å². The summed E-state index contributed by atoms with van der Waals surface area (Å²) < 4.78 is 33.3. The molecule has 3 atom stereocenters. The maximum absolute atomic E-state index is 12.9. The Labute approximate surface area is 150 Å². The first-order chi connectivity index (χ1) is 12.0. The number of rotatable bonds is 7.